The van der Waals surface area contributed by atoms with E-state index in [-0.39, 0.29) is 31.2 Å². The Balaban J connectivity index is 1.46. The maximum Gasteiger partial charge on any atom is 0.410 e. The zero-order chi connectivity index (χ0) is 35.7. The van der Waals surface area contributed by atoms with Crippen molar-refractivity contribution in [2.45, 2.75) is 78.1 Å². The van der Waals surface area contributed by atoms with Crippen LogP contribution in [0.1, 0.15) is 73.5 Å². The number of nitrogens with one attached hydrogen (secondary N) is 1. The second kappa shape index (κ2) is 20.1. The van der Waals surface area contributed by atoms with Crippen LogP contribution in [0.5, 0.6) is 11.5 Å². The molecule has 2 atom stereocenters. The van der Waals surface area contributed by atoms with Crippen LogP contribution in [0.3, 0.4) is 0 Å². The molecule has 1 fully saturated rings. The number of ether oxygens (including phenoxy) is 5. The van der Waals surface area contributed by atoms with Crippen LogP contribution in [-0.2, 0) is 45.4 Å². The Bertz CT molecular complexity index is 1640. The summed E-state index contributed by atoms with van der Waals surface area (Å²) in [6, 6.07) is 33.6. The average Bonchev–Trinajstić information content (AvgIpc) is 3.63. The van der Waals surface area contributed by atoms with E-state index in [9.17, 15) is 9.59 Å². The van der Waals surface area contributed by atoms with Crippen molar-refractivity contribution in [3.63, 3.8) is 0 Å². The van der Waals surface area contributed by atoms with Crippen LogP contribution in [-0.4, -0.2) is 49.2 Å². The first-order chi connectivity index (χ1) is 25.0. The van der Waals surface area contributed by atoms with E-state index in [1.807, 2.05) is 103 Å². The van der Waals surface area contributed by atoms with Gasteiger partial charge in [0.15, 0.2) is 11.5 Å². The summed E-state index contributed by atoms with van der Waals surface area (Å²) >= 11 is 0. The number of likely N-dealkylation sites (tertiary alicyclic amines) is 1. The number of benzene rings is 4. The highest BCUT2D eigenvalue weighted by Gasteiger charge is 2.31. The van der Waals surface area contributed by atoms with E-state index < -0.39 is 6.10 Å². The van der Waals surface area contributed by atoms with Gasteiger partial charge in [0.2, 0.25) is 5.91 Å². The minimum atomic E-state index is -0.602. The molecule has 0 radical (unpaired) electrons. The fourth-order valence-corrected chi connectivity index (χ4v) is 6.02. The van der Waals surface area contributed by atoms with Gasteiger partial charge in [-0.05, 0) is 47.6 Å². The van der Waals surface area contributed by atoms with Crippen LogP contribution in [0.25, 0.3) is 0 Å². The Morgan fingerprint density at radius 2 is 1.43 bits per heavy atom. The summed E-state index contributed by atoms with van der Waals surface area (Å²) in [6.45, 7) is 6.38. The van der Waals surface area contributed by atoms with Gasteiger partial charge >= 0.3 is 6.09 Å². The van der Waals surface area contributed by atoms with Gasteiger partial charge in [-0.15, -0.1) is 0 Å². The molecule has 1 aliphatic heterocycles. The van der Waals surface area contributed by atoms with E-state index >= 15 is 0 Å². The number of carbonyl (C=O) groups excluding carboxylic acids is 2. The smallest absolute Gasteiger partial charge is 0.410 e. The van der Waals surface area contributed by atoms with Crippen molar-refractivity contribution in [2.75, 3.05) is 26.3 Å². The van der Waals surface area contributed by atoms with Gasteiger partial charge in [0, 0.05) is 25.6 Å². The van der Waals surface area contributed by atoms with Gasteiger partial charge in [-0.2, -0.15) is 0 Å². The van der Waals surface area contributed by atoms with Crippen molar-refractivity contribution in [3.05, 3.63) is 131 Å². The van der Waals surface area contributed by atoms with Crippen molar-refractivity contribution in [1.82, 2.24) is 10.2 Å². The number of unbranched alkanes of at least 4 members (excludes halogenated alkanes) is 1. The first-order valence-corrected chi connectivity index (χ1v) is 17.9. The van der Waals surface area contributed by atoms with E-state index in [0.717, 1.165) is 53.5 Å². The van der Waals surface area contributed by atoms with Crippen molar-refractivity contribution in [3.8, 4) is 11.5 Å². The van der Waals surface area contributed by atoms with E-state index in [1.54, 1.807) is 4.90 Å². The molecule has 1 saturated heterocycles. The van der Waals surface area contributed by atoms with E-state index in [2.05, 4.69) is 12.2 Å². The molecule has 51 heavy (non-hydrogen) atoms. The molecule has 2 amide bonds. The monoisotopic (exact) mass is 694 g/mol. The fraction of sp³-hybridized carbons (Fsp3) is 0.381. The lowest BCUT2D eigenvalue weighted by atomic mass is 9.99. The van der Waals surface area contributed by atoms with Crippen LogP contribution < -0.4 is 14.8 Å². The molecule has 0 unspecified atom stereocenters. The molecule has 4 aromatic rings. The zero-order valence-corrected chi connectivity index (χ0v) is 29.8. The van der Waals surface area contributed by atoms with Crippen LogP contribution in [0, 0.1) is 0 Å². The second-order valence-corrected chi connectivity index (χ2v) is 12.7. The number of rotatable bonds is 19. The van der Waals surface area contributed by atoms with E-state index in [0.29, 0.717) is 51.1 Å². The summed E-state index contributed by atoms with van der Waals surface area (Å²) in [5, 5.41) is 2.97. The van der Waals surface area contributed by atoms with Crippen LogP contribution in [0.2, 0.25) is 0 Å². The van der Waals surface area contributed by atoms with Gasteiger partial charge in [-0.25, -0.2) is 4.79 Å². The molecule has 1 N–H and O–H groups in total. The third kappa shape index (κ3) is 11.6. The lowest BCUT2D eigenvalue weighted by Gasteiger charge is -2.27. The zero-order valence-electron chi connectivity index (χ0n) is 29.8. The first-order valence-electron chi connectivity index (χ1n) is 17.9. The first kappa shape index (κ1) is 37.4. The molecule has 4 aromatic carbocycles. The van der Waals surface area contributed by atoms with E-state index in [4.69, 9.17) is 23.7 Å². The van der Waals surface area contributed by atoms with Crippen molar-refractivity contribution in [2.24, 2.45) is 0 Å². The minimum Gasteiger partial charge on any atom is -0.485 e. The topological polar surface area (TPSA) is 95.6 Å². The predicted octanol–water partition coefficient (Wildman–Crippen LogP) is 8.16. The quantitative estimate of drug-likeness (QED) is 0.0990. The molecule has 0 spiro atoms. The van der Waals surface area contributed by atoms with Gasteiger partial charge in [0.25, 0.3) is 0 Å². The highest BCUT2D eigenvalue weighted by molar-refractivity contribution is 5.73. The Morgan fingerprint density at radius 3 is 2.06 bits per heavy atom. The molecule has 9 nitrogen and oxygen atoms in total. The molecular weight excluding hydrogens is 644 g/mol. The van der Waals surface area contributed by atoms with Gasteiger partial charge in [-0.3, -0.25) is 4.79 Å². The summed E-state index contributed by atoms with van der Waals surface area (Å²) in [5.41, 5.74) is 4.59. The van der Waals surface area contributed by atoms with Gasteiger partial charge in [0.1, 0.15) is 19.3 Å². The fourth-order valence-electron chi connectivity index (χ4n) is 6.02. The lowest BCUT2D eigenvalue weighted by molar-refractivity contribution is -0.119. The third-order valence-corrected chi connectivity index (χ3v) is 8.77. The molecule has 0 bridgehead atoms. The Kier molecular flexibility index (Phi) is 14.7. The van der Waals surface area contributed by atoms with Crippen LogP contribution in [0.15, 0.2) is 103 Å². The maximum atomic E-state index is 12.8. The number of carbonyl (C=O) groups is 2. The van der Waals surface area contributed by atoms with Crippen molar-refractivity contribution < 1.29 is 33.3 Å². The van der Waals surface area contributed by atoms with Crippen LogP contribution >= 0.6 is 0 Å². The molecule has 1 heterocycles. The summed E-state index contributed by atoms with van der Waals surface area (Å²) in [7, 11) is 0. The summed E-state index contributed by atoms with van der Waals surface area (Å²) in [5.74, 6) is 0.916. The maximum absolute atomic E-state index is 12.8. The molecule has 0 aliphatic carbocycles. The summed E-state index contributed by atoms with van der Waals surface area (Å²) in [4.78, 5) is 26.9. The lowest BCUT2D eigenvalue weighted by Crippen LogP contribution is -2.38. The standard InChI is InChI=1S/C42H50N2O7/c1-3-4-25-48-42(46)44-24-14-21-37(44)31-47-30-36-22-23-38(49-27-33-15-8-5-9-16-33)41(51-29-35-19-12-7-13-20-35)40(36)39(26-43-32(2)45)50-28-34-17-10-6-11-18-34/h5-13,15-20,22-23,37,39H,3-4,14,21,24-31H2,1-2H3,(H,43,45)/t37-,39+/m1/s1. The van der Waals surface area contributed by atoms with Crippen molar-refractivity contribution >= 4 is 12.0 Å². The minimum absolute atomic E-state index is 0.0747. The number of nitrogens with zero attached hydrogens (tertiary/aromatic N) is 1. The highest BCUT2D eigenvalue weighted by atomic mass is 16.6. The normalized spacial score (nSPS) is 14.5. The van der Waals surface area contributed by atoms with Gasteiger partial charge in [-0.1, -0.05) is 110 Å². The second-order valence-electron chi connectivity index (χ2n) is 12.7. The molecule has 0 aromatic heterocycles. The SMILES string of the molecule is CCCCOC(=O)N1CCC[C@@H]1COCc1ccc(OCc2ccccc2)c(OCc2ccccc2)c1[C@H](CNC(C)=O)OCc1ccccc1. The Morgan fingerprint density at radius 1 is 0.804 bits per heavy atom. The molecule has 270 valence electrons. The van der Waals surface area contributed by atoms with Crippen LogP contribution in [0.4, 0.5) is 4.79 Å². The Hall–Kier alpha value is -4.86. The third-order valence-electron chi connectivity index (χ3n) is 8.77. The molecule has 5 rings (SSSR count). The van der Waals surface area contributed by atoms with E-state index in [1.165, 1.54) is 6.92 Å². The van der Waals surface area contributed by atoms with Gasteiger partial charge < -0.3 is 33.9 Å². The molecule has 0 saturated carbocycles. The molecular formula is C42H50N2O7. The largest absolute Gasteiger partial charge is 0.485 e. The highest BCUT2D eigenvalue weighted by Crippen LogP contribution is 2.41. The average molecular weight is 695 g/mol. The number of hydrogen-bond donors (Lipinski definition) is 1. The summed E-state index contributed by atoms with van der Waals surface area (Å²) < 4.78 is 31.6. The number of amides is 2. The molecule has 1 aliphatic rings. The summed E-state index contributed by atoms with van der Waals surface area (Å²) in [6.07, 6.45) is 2.67. The number of hydrogen-bond acceptors (Lipinski definition) is 7. The predicted molar refractivity (Wildman–Crippen MR) is 196 cm³/mol. The van der Waals surface area contributed by atoms with Crippen molar-refractivity contribution in [1.29, 1.82) is 0 Å². The Labute approximate surface area is 301 Å². The molecule has 9 heteroatoms. The van der Waals surface area contributed by atoms with Gasteiger partial charge in [0.05, 0.1) is 32.5 Å².